The number of piperazine rings is 1. The van der Waals surface area contributed by atoms with E-state index in [4.69, 9.17) is 9.47 Å². The summed E-state index contributed by atoms with van der Waals surface area (Å²) < 4.78 is 10.9. The molecule has 6 nitrogen and oxygen atoms in total. The van der Waals surface area contributed by atoms with Gasteiger partial charge in [-0.1, -0.05) is 12.1 Å². The first-order chi connectivity index (χ1) is 12.2. The van der Waals surface area contributed by atoms with E-state index in [9.17, 15) is 5.11 Å². The lowest BCUT2D eigenvalue weighted by Gasteiger charge is -2.35. The van der Waals surface area contributed by atoms with Crippen LogP contribution in [0, 0.1) is 0 Å². The first-order valence-corrected chi connectivity index (χ1v) is 9.38. The Hall–Kier alpha value is -1.67. The number of β-amino-alcohol motifs (C(OH)–C–C–N with tert-alkyl or cyclic N) is 1. The Bertz CT molecular complexity index is 630. The Morgan fingerprint density at radius 1 is 1.28 bits per heavy atom. The van der Waals surface area contributed by atoms with Crippen LogP contribution in [-0.2, 0) is 11.3 Å². The Kier molecular flexibility index (Phi) is 6.63. The number of ether oxygens (including phenoxy) is 2. The van der Waals surface area contributed by atoms with Gasteiger partial charge in [0.05, 0.1) is 26.4 Å². The van der Waals surface area contributed by atoms with Crippen molar-refractivity contribution >= 4 is 16.5 Å². The van der Waals surface area contributed by atoms with Gasteiger partial charge in [0, 0.05) is 44.3 Å². The maximum atomic E-state index is 10.2. The van der Waals surface area contributed by atoms with Crippen LogP contribution in [0.15, 0.2) is 35.8 Å². The Morgan fingerprint density at radius 2 is 2.12 bits per heavy atom. The van der Waals surface area contributed by atoms with Gasteiger partial charge in [0.25, 0.3) is 0 Å². The van der Waals surface area contributed by atoms with Gasteiger partial charge in [0.2, 0.25) is 0 Å². The topological polar surface area (TPSA) is 58.1 Å². The van der Waals surface area contributed by atoms with Gasteiger partial charge in [0.1, 0.15) is 5.75 Å². The quantitative estimate of drug-likeness (QED) is 0.772. The van der Waals surface area contributed by atoms with Crippen molar-refractivity contribution in [1.29, 1.82) is 0 Å². The first-order valence-electron chi connectivity index (χ1n) is 8.50. The van der Waals surface area contributed by atoms with Gasteiger partial charge in [-0.05, 0) is 17.7 Å². The number of benzene rings is 1. The van der Waals surface area contributed by atoms with Gasteiger partial charge >= 0.3 is 0 Å². The van der Waals surface area contributed by atoms with Crippen LogP contribution in [-0.4, -0.2) is 67.5 Å². The summed E-state index contributed by atoms with van der Waals surface area (Å²) in [5, 5.41) is 13.3. The summed E-state index contributed by atoms with van der Waals surface area (Å²) in [4.78, 5) is 8.93. The lowest BCUT2D eigenvalue weighted by Crippen LogP contribution is -2.49. The molecule has 2 heterocycles. The SMILES string of the molecule is COc1cccc(COCC(O)CN2CCN(c3nccs3)CC2)c1. The van der Waals surface area contributed by atoms with Crippen molar-refractivity contribution < 1.29 is 14.6 Å². The summed E-state index contributed by atoms with van der Waals surface area (Å²) in [6.45, 7) is 5.23. The second-order valence-corrected chi connectivity index (χ2v) is 7.00. The van der Waals surface area contributed by atoms with Gasteiger partial charge in [0.15, 0.2) is 5.13 Å². The van der Waals surface area contributed by atoms with Gasteiger partial charge < -0.3 is 19.5 Å². The number of thiazole rings is 1. The number of rotatable bonds is 8. The van der Waals surface area contributed by atoms with E-state index in [-0.39, 0.29) is 0 Å². The molecule has 1 unspecified atom stereocenters. The lowest BCUT2D eigenvalue weighted by molar-refractivity contribution is 0.00910. The van der Waals surface area contributed by atoms with Crippen molar-refractivity contribution in [3.63, 3.8) is 0 Å². The zero-order valence-electron chi connectivity index (χ0n) is 14.5. The zero-order chi connectivity index (χ0) is 17.5. The number of anilines is 1. The highest BCUT2D eigenvalue weighted by Crippen LogP contribution is 2.19. The summed E-state index contributed by atoms with van der Waals surface area (Å²) in [6, 6.07) is 7.79. The normalized spacial score (nSPS) is 16.8. The molecule has 1 fully saturated rings. The van der Waals surface area contributed by atoms with E-state index in [1.165, 1.54) is 0 Å². The highest BCUT2D eigenvalue weighted by molar-refractivity contribution is 7.13. The molecule has 0 bridgehead atoms. The van der Waals surface area contributed by atoms with Crippen molar-refractivity contribution in [2.75, 3.05) is 51.3 Å². The molecule has 0 spiro atoms. The summed E-state index contributed by atoms with van der Waals surface area (Å²) in [5.41, 5.74) is 1.05. The van der Waals surface area contributed by atoms with Crippen LogP contribution in [0.25, 0.3) is 0 Å². The molecule has 0 amide bonds. The molecule has 0 saturated carbocycles. The van der Waals surface area contributed by atoms with Gasteiger partial charge in [-0.3, -0.25) is 4.90 Å². The molecule has 25 heavy (non-hydrogen) atoms. The third-order valence-electron chi connectivity index (χ3n) is 4.24. The molecular weight excluding hydrogens is 338 g/mol. The lowest BCUT2D eigenvalue weighted by atomic mass is 10.2. The highest BCUT2D eigenvalue weighted by Gasteiger charge is 2.20. The molecule has 136 valence electrons. The number of hydrogen-bond donors (Lipinski definition) is 1. The monoisotopic (exact) mass is 363 g/mol. The maximum absolute atomic E-state index is 10.2. The van der Waals surface area contributed by atoms with Gasteiger partial charge in [-0.25, -0.2) is 4.98 Å². The van der Waals surface area contributed by atoms with Crippen LogP contribution in [0.2, 0.25) is 0 Å². The molecule has 1 aromatic carbocycles. The minimum atomic E-state index is -0.475. The number of aromatic nitrogens is 1. The Balaban J connectivity index is 1.35. The summed E-state index contributed by atoms with van der Waals surface area (Å²) in [5.74, 6) is 0.819. The zero-order valence-corrected chi connectivity index (χ0v) is 15.3. The summed E-state index contributed by atoms with van der Waals surface area (Å²) in [7, 11) is 1.65. The average Bonchev–Trinajstić information content (AvgIpc) is 3.17. The minimum absolute atomic E-state index is 0.337. The first kappa shape index (κ1) is 18.1. The molecule has 0 radical (unpaired) electrons. The molecule has 1 aliphatic heterocycles. The molecule has 7 heteroatoms. The number of nitrogens with zero attached hydrogens (tertiary/aromatic N) is 3. The predicted octanol–water partition coefficient (Wildman–Crippen LogP) is 1.85. The number of hydrogen-bond acceptors (Lipinski definition) is 7. The number of methoxy groups -OCH3 is 1. The summed E-state index contributed by atoms with van der Waals surface area (Å²) >= 11 is 1.67. The molecule has 1 saturated heterocycles. The van der Waals surface area contributed by atoms with E-state index in [1.807, 2.05) is 35.8 Å². The van der Waals surface area contributed by atoms with E-state index < -0.39 is 6.10 Å². The molecule has 2 aromatic rings. The van der Waals surface area contributed by atoms with Crippen LogP contribution in [0.3, 0.4) is 0 Å². The van der Waals surface area contributed by atoms with Crippen molar-refractivity contribution in [1.82, 2.24) is 9.88 Å². The van der Waals surface area contributed by atoms with Crippen molar-refractivity contribution in [3.8, 4) is 5.75 Å². The van der Waals surface area contributed by atoms with E-state index >= 15 is 0 Å². The summed E-state index contributed by atoms with van der Waals surface area (Å²) in [6.07, 6.45) is 1.37. The molecule has 1 aliphatic rings. The Morgan fingerprint density at radius 3 is 2.84 bits per heavy atom. The van der Waals surface area contributed by atoms with Crippen molar-refractivity contribution in [3.05, 3.63) is 41.4 Å². The minimum Gasteiger partial charge on any atom is -0.497 e. The fourth-order valence-electron chi connectivity index (χ4n) is 2.92. The molecule has 1 atom stereocenters. The van der Waals surface area contributed by atoms with E-state index in [0.717, 1.165) is 42.6 Å². The van der Waals surface area contributed by atoms with Crippen LogP contribution < -0.4 is 9.64 Å². The molecule has 3 rings (SSSR count). The van der Waals surface area contributed by atoms with Crippen molar-refractivity contribution in [2.24, 2.45) is 0 Å². The molecule has 0 aliphatic carbocycles. The van der Waals surface area contributed by atoms with Gasteiger partial charge in [-0.15, -0.1) is 11.3 Å². The fraction of sp³-hybridized carbons (Fsp3) is 0.500. The van der Waals surface area contributed by atoms with E-state index in [2.05, 4.69) is 14.8 Å². The van der Waals surface area contributed by atoms with E-state index in [0.29, 0.717) is 19.8 Å². The Labute approximate surface area is 152 Å². The molecule has 1 aromatic heterocycles. The molecule has 1 N–H and O–H groups in total. The van der Waals surface area contributed by atoms with Gasteiger partial charge in [-0.2, -0.15) is 0 Å². The standard InChI is InChI=1S/C18H25N3O3S/c1-23-17-4-2-3-15(11-17)13-24-14-16(22)12-20-6-8-21(9-7-20)18-19-5-10-25-18/h2-5,10-11,16,22H,6-9,12-14H2,1H3. The number of aliphatic hydroxyl groups is 1. The number of aliphatic hydroxyl groups excluding tert-OH is 1. The fourth-order valence-corrected chi connectivity index (χ4v) is 3.62. The average molecular weight is 363 g/mol. The molecular formula is C18H25N3O3S. The predicted molar refractivity (Wildman–Crippen MR) is 99.4 cm³/mol. The van der Waals surface area contributed by atoms with Crippen molar-refractivity contribution in [2.45, 2.75) is 12.7 Å². The largest absolute Gasteiger partial charge is 0.497 e. The second kappa shape index (κ2) is 9.15. The van der Waals surface area contributed by atoms with Crippen LogP contribution in [0.4, 0.5) is 5.13 Å². The smallest absolute Gasteiger partial charge is 0.185 e. The van der Waals surface area contributed by atoms with Crippen LogP contribution in [0.5, 0.6) is 5.75 Å². The maximum Gasteiger partial charge on any atom is 0.185 e. The third kappa shape index (κ3) is 5.40. The third-order valence-corrected chi connectivity index (χ3v) is 5.08. The highest BCUT2D eigenvalue weighted by atomic mass is 32.1. The second-order valence-electron chi connectivity index (χ2n) is 6.12. The van der Waals surface area contributed by atoms with Crippen LogP contribution in [0.1, 0.15) is 5.56 Å². The van der Waals surface area contributed by atoms with E-state index in [1.54, 1.807) is 18.4 Å². The van der Waals surface area contributed by atoms with Crippen LogP contribution >= 0.6 is 11.3 Å².